The van der Waals surface area contributed by atoms with E-state index in [4.69, 9.17) is 9.84 Å². The van der Waals surface area contributed by atoms with Crippen LogP contribution < -0.4 is 0 Å². The Morgan fingerprint density at radius 1 is 0.680 bits per heavy atom. The average Bonchev–Trinajstić information content (AvgIpc) is 3.36. The van der Waals surface area contributed by atoms with E-state index in [-0.39, 0.29) is 0 Å². The third kappa shape index (κ3) is 14.3. The normalized spacial score (nSPS) is 19.2. The van der Waals surface area contributed by atoms with E-state index in [1.54, 1.807) is 0 Å². The van der Waals surface area contributed by atoms with Gasteiger partial charge in [-0.15, -0.1) is 0 Å². The Morgan fingerprint density at radius 2 is 1.08 bits per heavy atom. The summed E-state index contributed by atoms with van der Waals surface area (Å²) >= 11 is 0. The molecular formula is C22H42O3. The second-order valence-corrected chi connectivity index (χ2v) is 7.86. The molecule has 0 bridgehead atoms. The van der Waals surface area contributed by atoms with Gasteiger partial charge in [-0.2, -0.15) is 0 Å². The quantitative estimate of drug-likeness (QED) is 0.203. The van der Waals surface area contributed by atoms with E-state index in [9.17, 15) is 4.79 Å². The third-order valence-corrected chi connectivity index (χ3v) is 5.47. The van der Waals surface area contributed by atoms with Crippen LogP contribution in [0.15, 0.2) is 0 Å². The molecule has 1 N–H and O–H groups in total. The first-order valence-electron chi connectivity index (χ1n) is 11.1. The largest absolute Gasteiger partial charge is 0.481 e. The zero-order valence-electron chi connectivity index (χ0n) is 16.6. The van der Waals surface area contributed by atoms with Crippen LogP contribution in [0, 0.1) is 0 Å². The number of carboxylic acids is 1. The first-order chi connectivity index (χ1) is 12.2. The number of carboxylic acid groups (broad SMARTS) is 1. The van der Waals surface area contributed by atoms with E-state index in [1.165, 1.54) is 96.3 Å². The van der Waals surface area contributed by atoms with Gasteiger partial charge < -0.3 is 9.84 Å². The van der Waals surface area contributed by atoms with Gasteiger partial charge in [0.15, 0.2) is 0 Å². The SMILES string of the molecule is CCC1OC1CCCCCCCCCCCCCCCCCC(=O)O. The number of unbranched alkanes of at least 4 members (excludes halogenated alkanes) is 14. The number of carbonyl (C=O) groups is 1. The van der Waals surface area contributed by atoms with E-state index in [0.29, 0.717) is 18.6 Å². The molecule has 0 aromatic heterocycles. The summed E-state index contributed by atoms with van der Waals surface area (Å²) in [4.78, 5) is 10.4. The zero-order valence-corrected chi connectivity index (χ0v) is 16.6. The third-order valence-electron chi connectivity index (χ3n) is 5.47. The van der Waals surface area contributed by atoms with Crippen molar-refractivity contribution < 1.29 is 14.6 Å². The fourth-order valence-corrected chi connectivity index (χ4v) is 3.71. The van der Waals surface area contributed by atoms with Crippen LogP contribution in [0.5, 0.6) is 0 Å². The molecular weight excluding hydrogens is 312 g/mol. The molecule has 3 heteroatoms. The van der Waals surface area contributed by atoms with Crippen molar-refractivity contribution in [1.29, 1.82) is 0 Å². The second-order valence-electron chi connectivity index (χ2n) is 7.86. The van der Waals surface area contributed by atoms with Crippen LogP contribution in [0.2, 0.25) is 0 Å². The molecule has 1 heterocycles. The van der Waals surface area contributed by atoms with Crippen molar-refractivity contribution >= 4 is 5.97 Å². The summed E-state index contributed by atoms with van der Waals surface area (Å²) in [5.41, 5.74) is 0. The van der Waals surface area contributed by atoms with Crippen molar-refractivity contribution in [3.8, 4) is 0 Å². The predicted octanol–water partition coefficient (Wildman–Crippen LogP) is 6.88. The summed E-state index contributed by atoms with van der Waals surface area (Å²) < 4.78 is 5.58. The lowest BCUT2D eigenvalue weighted by atomic mass is 10.0. The summed E-state index contributed by atoms with van der Waals surface area (Å²) in [5.74, 6) is -0.655. The molecule has 0 spiro atoms. The highest BCUT2D eigenvalue weighted by Gasteiger charge is 2.35. The van der Waals surface area contributed by atoms with Crippen LogP contribution in [-0.2, 0) is 9.53 Å². The van der Waals surface area contributed by atoms with Crippen molar-refractivity contribution in [2.45, 2.75) is 135 Å². The number of epoxide rings is 1. The number of ether oxygens (including phenoxy) is 1. The Kier molecular flexibility index (Phi) is 14.1. The van der Waals surface area contributed by atoms with Crippen LogP contribution in [0.25, 0.3) is 0 Å². The molecule has 1 aliphatic rings. The molecule has 0 radical (unpaired) electrons. The molecule has 2 unspecified atom stereocenters. The minimum Gasteiger partial charge on any atom is -0.481 e. The topological polar surface area (TPSA) is 49.8 Å². The molecule has 25 heavy (non-hydrogen) atoms. The van der Waals surface area contributed by atoms with E-state index >= 15 is 0 Å². The number of hydrogen-bond donors (Lipinski definition) is 1. The molecule has 3 nitrogen and oxygen atoms in total. The molecule has 0 saturated carbocycles. The van der Waals surface area contributed by atoms with Crippen LogP contribution in [0.1, 0.15) is 122 Å². The van der Waals surface area contributed by atoms with Crippen molar-refractivity contribution in [3.05, 3.63) is 0 Å². The van der Waals surface area contributed by atoms with E-state index in [2.05, 4.69) is 6.92 Å². The molecule has 2 atom stereocenters. The number of rotatable bonds is 19. The summed E-state index contributed by atoms with van der Waals surface area (Å²) in [6.07, 6.45) is 23.7. The lowest BCUT2D eigenvalue weighted by Crippen LogP contribution is -1.93. The minimum atomic E-state index is -0.655. The molecule has 0 aromatic rings. The van der Waals surface area contributed by atoms with Crippen LogP contribution in [-0.4, -0.2) is 23.3 Å². The molecule has 0 amide bonds. The van der Waals surface area contributed by atoms with Crippen LogP contribution in [0.4, 0.5) is 0 Å². The van der Waals surface area contributed by atoms with Gasteiger partial charge in [0.25, 0.3) is 0 Å². The summed E-state index contributed by atoms with van der Waals surface area (Å²) in [6, 6.07) is 0. The van der Waals surface area contributed by atoms with Crippen molar-refractivity contribution in [1.82, 2.24) is 0 Å². The van der Waals surface area contributed by atoms with Crippen molar-refractivity contribution in [2.24, 2.45) is 0 Å². The Morgan fingerprint density at radius 3 is 1.44 bits per heavy atom. The fraction of sp³-hybridized carbons (Fsp3) is 0.955. The summed E-state index contributed by atoms with van der Waals surface area (Å²) in [5, 5.41) is 8.56. The van der Waals surface area contributed by atoms with Gasteiger partial charge in [0.05, 0.1) is 12.2 Å². The Labute approximate surface area is 155 Å². The van der Waals surface area contributed by atoms with Gasteiger partial charge in [-0.05, 0) is 19.3 Å². The fourth-order valence-electron chi connectivity index (χ4n) is 3.71. The van der Waals surface area contributed by atoms with Gasteiger partial charge in [-0.3, -0.25) is 4.79 Å². The molecule has 1 aliphatic heterocycles. The molecule has 148 valence electrons. The minimum absolute atomic E-state index is 0.342. The number of hydrogen-bond acceptors (Lipinski definition) is 2. The highest BCUT2D eigenvalue weighted by Crippen LogP contribution is 2.29. The van der Waals surface area contributed by atoms with E-state index in [0.717, 1.165) is 12.8 Å². The van der Waals surface area contributed by atoms with Crippen molar-refractivity contribution in [3.63, 3.8) is 0 Å². The van der Waals surface area contributed by atoms with Gasteiger partial charge >= 0.3 is 5.97 Å². The van der Waals surface area contributed by atoms with E-state index in [1.807, 2.05) is 0 Å². The predicted molar refractivity (Wildman–Crippen MR) is 105 cm³/mol. The smallest absolute Gasteiger partial charge is 0.303 e. The van der Waals surface area contributed by atoms with Crippen LogP contribution >= 0.6 is 0 Å². The lowest BCUT2D eigenvalue weighted by Gasteiger charge is -2.03. The van der Waals surface area contributed by atoms with Gasteiger partial charge in [0.1, 0.15) is 0 Å². The standard InChI is InChI=1S/C22H42O3/c1-2-20-21(25-20)18-16-14-12-10-8-6-4-3-5-7-9-11-13-15-17-19-22(23)24/h20-21H,2-19H2,1H3,(H,23,24). The highest BCUT2D eigenvalue weighted by molar-refractivity contribution is 5.66. The first-order valence-corrected chi connectivity index (χ1v) is 11.1. The maximum absolute atomic E-state index is 10.4. The monoisotopic (exact) mass is 354 g/mol. The summed E-state index contributed by atoms with van der Waals surface area (Å²) in [6.45, 7) is 2.22. The maximum atomic E-state index is 10.4. The van der Waals surface area contributed by atoms with Crippen molar-refractivity contribution in [2.75, 3.05) is 0 Å². The molecule has 0 aliphatic carbocycles. The Balaban J connectivity index is 1.64. The molecule has 1 saturated heterocycles. The Hall–Kier alpha value is -0.570. The van der Waals surface area contributed by atoms with E-state index < -0.39 is 5.97 Å². The maximum Gasteiger partial charge on any atom is 0.303 e. The molecule has 0 aromatic carbocycles. The number of aliphatic carboxylic acids is 1. The molecule has 1 rings (SSSR count). The second kappa shape index (κ2) is 15.7. The van der Waals surface area contributed by atoms with Gasteiger partial charge in [-0.1, -0.05) is 96.8 Å². The summed E-state index contributed by atoms with van der Waals surface area (Å²) in [7, 11) is 0. The molecule has 1 fully saturated rings. The van der Waals surface area contributed by atoms with Crippen LogP contribution in [0.3, 0.4) is 0 Å². The zero-order chi connectivity index (χ0) is 18.2. The van der Waals surface area contributed by atoms with Gasteiger partial charge in [-0.25, -0.2) is 0 Å². The first kappa shape index (κ1) is 22.5. The average molecular weight is 355 g/mol. The highest BCUT2D eigenvalue weighted by atomic mass is 16.6. The Bertz CT molecular complexity index is 316. The van der Waals surface area contributed by atoms with Gasteiger partial charge in [0.2, 0.25) is 0 Å². The lowest BCUT2D eigenvalue weighted by molar-refractivity contribution is -0.137. The van der Waals surface area contributed by atoms with Gasteiger partial charge in [0, 0.05) is 6.42 Å².